The van der Waals surface area contributed by atoms with Crippen molar-refractivity contribution in [1.29, 1.82) is 0 Å². The molecule has 1 saturated carbocycles. The number of hydrogen-bond acceptors (Lipinski definition) is 3. The maximum atomic E-state index is 4.97. The van der Waals surface area contributed by atoms with Gasteiger partial charge in [0.25, 0.3) is 0 Å². The van der Waals surface area contributed by atoms with E-state index < -0.39 is 0 Å². The monoisotopic (exact) mass is 300 g/mol. The fourth-order valence-electron chi connectivity index (χ4n) is 3.28. The van der Waals surface area contributed by atoms with E-state index in [0.29, 0.717) is 6.04 Å². The molecule has 0 amide bonds. The Balaban J connectivity index is 1.88. The maximum absolute atomic E-state index is 4.97. The van der Waals surface area contributed by atoms with Gasteiger partial charge in [0.05, 0.1) is 5.69 Å². The van der Waals surface area contributed by atoms with Crippen LogP contribution in [0.4, 0.5) is 0 Å². The second kappa shape index (κ2) is 6.29. The molecule has 2 nitrogen and oxygen atoms in total. The van der Waals surface area contributed by atoms with Gasteiger partial charge in [-0.15, -0.1) is 11.3 Å². The van der Waals surface area contributed by atoms with E-state index in [0.717, 1.165) is 6.54 Å². The van der Waals surface area contributed by atoms with Crippen molar-refractivity contribution in [3.8, 4) is 0 Å². The fourth-order valence-corrected chi connectivity index (χ4v) is 4.38. The first-order valence-electron chi connectivity index (χ1n) is 7.94. The quantitative estimate of drug-likeness (QED) is 0.879. The fraction of sp³-hybridized carbons (Fsp3) is 0.500. The number of benzene rings is 1. The molecule has 0 spiro atoms. The van der Waals surface area contributed by atoms with E-state index in [2.05, 4.69) is 54.9 Å². The summed E-state index contributed by atoms with van der Waals surface area (Å²) in [5, 5.41) is 7.00. The Morgan fingerprint density at radius 1 is 1.19 bits per heavy atom. The average molecular weight is 300 g/mol. The second-order valence-corrected chi connectivity index (χ2v) is 7.19. The van der Waals surface area contributed by atoms with Crippen LogP contribution in [0.15, 0.2) is 35.7 Å². The van der Waals surface area contributed by atoms with E-state index in [1.807, 2.05) is 11.3 Å². The van der Waals surface area contributed by atoms with Gasteiger partial charge in [-0.3, -0.25) is 0 Å². The number of thiazole rings is 1. The first-order chi connectivity index (χ1) is 10.2. The predicted octanol–water partition coefficient (Wildman–Crippen LogP) is 4.50. The smallest absolute Gasteiger partial charge is 0.103 e. The van der Waals surface area contributed by atoms with Gasteiger partial charge in [0.15, 0.2) is 0 Å². The van der Waals surface area contributed by atoms with Crippen molar-refractivity contribution >= 4 is 11.3 Å². The van der Waals surface area contributed by atoms with Gasteiger partial charge in [0, 0.05) is 23.4 Å². The van der Waals surface area contributed by atoms with Crippen LogP contribution in [0.3, 0.4) is 0 Å². The van der Waals surface area contributed by atoms with E-state index in [9.17, 15) is 0 Å². The molecule has 3 rings (SSSR count). The molecule has 21 heavy (non-hydrogen) atoms. The summed E-state index contributed by atoms with van der Waals surface area (Å²) in [5.41, 5.74) is 2.80. The van der Waals surface area contributed by atoms with Crippen LogP contribution in [0.2, 0.25) is 0 Å². The number of rotatable bonds is 5. The third kappa shape index (κ3) is 3.04. The van der Waals surface area contributed by atoms with Crippen molar-refractivity contribution in [2.45, 2.75) is 57.5 Å². The van der Waals surface area contributed by atoms with Crippen LogP contribution in [-0.2, 0) is 12.0 Å². The molecule has 1 N–H and O–H groups in total. The number of hydrogen-bond donors (Lipinski definition) is 1. The molecule has 0 atom stereocenters. The molecule has 0 saturated heterocycles. The highest BCUT2D eigenvalue weighted by atomic mass is 32.1. The van der Waals surface area contributed by atoms with Crippen molar-refractivity contribution in [2.75, 3.05) is 0 Å². The minimum Gasteiger partial charge on any atom is -0.309 e. The molecule has 1 fully saturated rings. The lowest BCUT2D eigenvalue weighted by Gasteiger charge is -2.27. The Morgan fingerprint density at radius 3 is 2.57 bits per heavy atom. The topological polar surface area (TPSA) is 24.9 Å². The zero-order chi connectivity index (χ0) is 14.7. The van der Waals surface area contributed by atoms with Gasteiger partial charge >= 0.3 is 0 Å². The molecule has 0 aliphatic heterocycles. The van der Waals surface area contributed by atoms with Crippen LogP contribution in [0.1, 0.15) is 55.8 Å². The van der Waals surface area contributed by atoms with Gasteiger partial charge in [0.1, 0.15) is 5.01 Å². The lowest BCUT2D eigenvalue weighted by atomic mass is 9.79. The zero-order valence-corrected chi connectivity index (χ0v) is 13.7. The summed E-state index contributed by atoms with van der Waals surface area (Å²) >= 11 is 1.84. The van der Waals surface area contributed by atoms with Gasteiger partial charge in [-0.2, -0.15) is 0 Å². The van der Waals surface area contributed by atoms with Gasteiger partial charge < -0.3 is 5.32 Å². The second-order valence-electron chi connectivity index (χ2n) is 6.33. The van der Waals surface area contributed by atoms with Crippen LogP contribution < -0.4 is 5.32 Å². The highest BCUT2D eigenvalue weighted by Gasteiger charge is 2.39. The standard InChI is InChI=1S/C18H24N2S/c1-14(2)19-12-16-13-21-17(20-16)18(10-6-7-11-18)15-8-4-3-5-9-15/h3-5,8-9,13-14,19H,6-7,10-12H2,1-2H3. The number of nitrogens with zero attached hydrogens (tertiary/aromatic N) is 1. The molecular weight excluding hydrogens is 276 g/mol. The van der Waals surface area contributed by atoms with E-state index >= 15 is 0 Å². The van der Waals surface area contributed by atoms with E-state index in [-0.39, 0.29) is 5.41 Å². The van der Waals surface area contributed by atoms with Crippen LogP contribution in [0, 0.1) is 0 Å². The average Bonchev–Trinajstić information content (AvgIpc) is 3.16. The first-order valence-corrected chi connectivity index (χ1v) is 8.82. The SMILES string of the molecule is CC(C)NCc1csc(C2(c3ccccc3)CCCC2)n1. The molecule has 1 aromatic carbocycles. The van der Waals surface area contributed by atoms with Crippen molar-refractivity contribution in [1.82, 2.24) is 10.3 Å². The number of aromatic nitrogens is 1. The zero-order valence-electron chi connectivity index (χ0n) is 12.9. The lowest BCUT2D eigenvalue weighted by molar-refractivity contribution is 0.526. The normalized spacial score (nSPS) is 17.5. The lowest BCUT2D eigenvalue weighted by Crippen LogP contribution is -2.24. The van der Waals surface area contributed by atoms with Crippen molar-refractivity contribution < 1.29 is 0 Å². The molecule has 112 valence electrons. The predicted molar refractivity (Wildman–Crippen MR) is 89.8 cm³/mol. The van der Waals surface area contributed by atoms with Crippen LogP contribution in [0.5, 0.6) is 0 Å². The summed E-state index contributed by atoms with van der Waals surface area (Å²) in [6, 6.07) is 11.5. The van der Waals surface area contributed by atoms with Gasteiger partial charge in [-0.1, -0.05) is 57.0 Å². The molecule has 1 heterocycles. The Hall–Kier alpha value is -1.19. The highest BCUT2D eigenvalue weighted by molar-refractivity contribution is 7.09. The summed E-state index contributed by atoms with van der Waals surface area (Å²) in [5.74, 6) is 0. The summed E-state index contributed by atoms with van der Waals surface area (Å²) in [4.78, 5) is 4.97. The minimum atomic E-state index is 0.169. The molecule has 2 aromatic rings. The maximum Gasteiger partial charge on any atom is 0.103 e. The van der Waals surface area contributed by atoms with Gasteiger partial charge in [0.2, 0.25) is 0 Å². The third-order valence-corrected chi connectivity index (χ3v) is 5.53. The minimum absolute atomic E-state index is 0.169. The highest BCUT2D eigenvalue weighted by Crippen LogP contribution is 2.47. The Bertz CT molecular complexity index is 568. The van der Waals surface area contributed by atoms with Crippen LogP contribution in [0.25, 0.3) is 0 Å². The Labute approximate surface area is 131 Å². The Morgan fingerprint density at radius 2 is 1.90 bits per heavy atom. The molecular formula is C18H24N2S. The van der Waals surface area contributed by atoms with Gasteiger partial charge in [-0.05, 0) is 18.4 Å². The molecule has 1 aliphatic carbocycles. The third-order valence-electron chi connectivity index (χ3n) is 4.44. The molecule has 1 aromatic heterocycles. The summed E-state index contributed by atoms with van der Waals surface area (Å²) in [6.07, 6.45) is 5.10. The van der Waals surface area contributed by atoms with Crippen LogP contribution in [-0.4, -0.2) is 11.0 Å². The van der Waals surface area contributed by atoms with Crippen molar-refractivity contribution in [3.05, 3.63) is 52.0 Å². The molecule has 3 heteroatoms. The van der Waals surface area contributed by atoms with Crippen molar-refractivity contribution in [2.24, 2.45) is 0 Å². The summed E-state index contributed by atoms with van der Waals surface area (Å²) < 4.78 is 0. The summed E-state index contributed by atoms with van der Waals surface area (Å²) in [7, 11) is 0. The van der Waals surface area contributed by atoms with Gasteiger partial charge in [-0.25, -0.2) is 4.98 Å². The van der Waals surface area contributed by atoms with E-state index in [1.54, 1.807) is 0 Å². The van der Waals surface area contributed by atoms with E-state index in [1.165, 1.54) is 41.9 Å². The molecule has 0 radical (unpaired) electrons. The largest absolute Gasteiger partial charge is 0.309 e. The first kappa shape index (κ1) is 14.7. The molecule has 1 aliphatic rings. The summed E-state index contributed by atoms with van der Waals surface area (Å²) in [6.45, 7) is 5.23. The van der Waals surface area contributed by atoms with E-state index in [4.69, 9.17) is 4.98 Å². The van der Waals surface area contributed by atoms with Crippen molar-refractivity contribution in [3.63, 3.8) is 0 Å². The molecule has 0 unspecified atom stereocenters. The number of nitrogens with one attached hydrogen (secondary N) is 1. The van der Waals surface area contributed by atoms with Crippen LogP contribution >= 0.6 is 11.3 Å². The Kier molecular flexibility index (Phi) is 4.41. The molecule has 0 bridgehead atoms.